The average Bonchev–Trinajstić information content (AvgIpc) is 2.50. The molecule has 2 aromatic rings. The van der Waals surface area contributed by atoms with Crippen molar-refractivity contribution >= 4 is 35.0 Å². The van der Waals surface area contributed by atoms with Crippen LogP contribution in [0, 0.1) is 15.9 Å². The van der Waals surface area contributed by atoms with E-state index in [2.05, 4.69) is 5.32 Å². The number of hydrogen-bond donors (Lipinski definition) is 1. The number of carbonyl (C=O) groups excluding carboxylic acids is 1. The van der Waals surface area contributed by atoms with Gasteiger partial charge in [0.2, 0.25) is 0 Å². The largest absolute Gasteiger partial charge is 0.318 e. The Balaban J connectivity index is 2.20. The number of amides is 1. The second-order valence-corrected chi connectivity index (χ2v) is 4.69. The molecule has 2 aromatic carbocycles. The quantitative estimate of drug-likeness (QED) is 0.526. The summed E-state index contributed by atoms with van der Waals surface area (Å²) >= 11 is 5.86. The van der Waals surface area contributed by atoms with Gasteiger partial charge in [-0.2, -0.15) is 0 Å². The first-order valence-electron chi connectivity index (χ1n) is 6.15. The molecule has 2 rings (SSSR count). The van der Waals surface area contributed by atoms with Crippen molar-refractivity contribution in [1.29, 1.82) is 0 Å². The van der Waals surface area contributed by atoms with Gasteiger partial charge < -0.3 is 5.32 Å². The van der Waals surface area contributed by atoms with Crippen LogP contribution in [0.5, 0.6) is 0 Å². The molecular weight excluding hydrogens is 311 g/mol. The molecule has 5 nitrogen and oxygen atoms in total. The molecule has 0 spiro atoms. The minimum Gasteiger partial charge on any atom is -0.318 e. The van der Waals surface area contributed by atoms with Crippen LogP contribution in [0.4, 0.5) is 15.8 Å². The van der Waals surface area contributed by atoms with E-state index in [4.69, 9.17) is 11.6 Å². The lowest BCUT2D eigenvalue weighted by atomic mass is 10.2. The van der Waals surface area contributed by atoms with E-state index in [9.17, 15) is 19.3 Å². The van der Waals surface area contributed by atoms with Crippen molar-refractivity contribution in [3.63, 3.8) is 0 Å². The van der Waals surface area contributed by atoms with Crippen LogP contribution in [-0.4, -0.2) is 10.8 Å². The number of anilines is 1. The smallest absolute Gasteiger partial charge is 0.271 e. The fourth-order valence-electron chi connectivity index (χ4n) is 1.67. The summed E-state index contributed by atoms with van der Waals surface area (Å²) in [4.78, 5) is 21.9. The third-order valence-corrected chi connectivity index (χ3v) is 3.00. The SMILES string of the molecule is O=C(Nc1cc([N+](=O)[O-])ccc1F)C(Cl)=Cc1ccccc1. The maximum absolute atomic E-state index is 13.6. The minimum atomic E-state index is -0.789. The van der Waals surface area contributed by atoms with Crippen molar-refractivity contribution in [2.75, 3.05) is 5.32 Å². The van der Waals surface area contributed by atoms with Gasteiger partial charge >= 0.3 is 0 Å². The third kappa shape index (κ3) is 3.89. The van der Waals surface area contributed by atoms with E-state index in [1.54, 1.807) is 24.3 Å². The highest BCUT2D eigenvalue weighted by Crippen LogP contribution is 2.22. The summed E-state index contributed by atoms with van der Waals surface area (Å²) in [5.41, 5.74) is 0.0563. The predicted octanol–water partition coefficient (Wildman–Crippen LogP) is 3.95. The first-order valence-corrected chi connectivity index (χ1v) is 6.52. The van der Waals surface area contributed by atoms with Gasteiger partial charge in [-0.05, 0) is 17.7 Å². The van der Waals surface area contributed by atoms with E-state index in [1.807, 2.05) is 6.07 Å². The van der Waals surface area contributed by atoms with E-state index in [0.29, 0.717) is 5.56 Å². The van der Waals surface area contributed by atoms with Gasteiger partial charge in [-0.25, -0.2) is 4.39 Å². The molecule has 0 unspecified atom stereocenters. The second-order valence-electron chi connectivity index (χ2n) is 4.28. The number of benzene rings is 2. The maximum Gasteiger partial charge on any atom is 0.271 e. The predicted molar refractivity (Wildman–Crippen MR) is 82.0 cm³/mol. The number of halogens is 2. The van der Waals surface area contributed by atoms with Gasteiger partial charge in [-0.3, -0.25) is 14.9 Å². The molecule has 0 heterocycles. The highest BCUT2D eigenvalue weighted by Gasteiger charge is 2.14. The number of nitrogens with zero attached hydrogens (tertiary/aromatic N) is 1. The normalized spacial score (nSPS) is 11.1. The third-order valence-electron chi connectivity index (χ3n) is 2.72. The van der Waals surface area contributed by atoms with Crippen LogP contribution in [0.15, 0.2) is 53.6 Å². The average molecular weight is 321 g/mol. The summed E-state index contributed by atoms with van der Waals surface area (Å²) in [6, 6.07) is 11.7. The van der Waals surface area contributed by atoms with E-state index in [-0.39, 0.29) is 16.4 Å². The summed E-state index contributed by atoms with van der Waals surface area (Å²) in [6.07, 6.45) is 1.41. The van der Waals surface area contributed by atoms with Crippen molar-refractivity contribution in [2.24, 2.45) is 0 Å². The number of non-ortho nitro benzene ring substituents is 1. The first-order chi connectivity index (χ1) is 10.5. The molecule has 0 atom stereocenters. The lowest BCUT2D eigenvalue weighted by molar-refractivity contribution is -0.384. The second kappa shape index (κ2) is 6.82. The van der Waals surface area contributed by atoms with Crippen molar-refractivity contribution in [2.45, 2.75) is 0 Å². The Labute approximate surface area is 130 Å². The fourth-order valence-corrected chi connectivity index (χ4v) is 1.84. The summed E-state index contributed by atoms with van der Waals surface area (Å²) in [7, 11) is 0. The van der Waals surface area contributed by atoms with Crippen LogP contribution >= 0.6 is 11.6 Å². The van der Waals surface area contributed by atoms with Gasteiger partial charge in [0.05, 0.1) is 10.6 Å². The molecule has 1 N–H and O–H groups in total. The Morgan fingerprint density at radius 2 is 1.91 bits per heavy atom. The topological polar surface area (TPSA) is 72.2 Å². The van der Waals surface area contributed by atoms with Gasteiger partial charge in [0.25, 0.3) is 11.6 Å². The molecule has 1 amide bonds. The van der Waals surface area contributed by atoms with E-state index in [0.717, 1.165) is 18.2 Å². The zero-order chi connectivity index (χ0) is 16.1. The first kappa shape index (κ1) is 15.7. The maximum atomic E-state index is 13.6. The zero-order valence-electron chi connectivity index (χ0n) is 11.1. The lowest BCUT2D eigenvalue weighted by Gasteiger charge is -2.05. The zero-order valence-corrected chi connectivity index (χ0v) is 11.9. The summed E-state index contributed by atoms with van der Waals surface area (Å²) in [5.74, 6) is -1.55. The van der Waals surface area contributed by atoms with E-state index >= 15 is 0 Å². The summed E-state index contributed by atoms with van der Waals surface area (Å²) in [6.45, 7) is 0. The molecule has 0 radical (unpaired) electrons. The van der Waals surface area contributed by atoms with Crippen LogP contribution in [0.25, 0.3) is 6.08 Å². The molecule has 0 aliphatic heterocycles. The molecule has 0 aromatic heterocycles. The summed E-state index contributed by atoms with van der Waals surface area (Å²) in [5, 5.41) is 12.7. The highest BCUT2D eigenvalue weighted by molar-refractivity contribution is 6.45. The molecule has 0 saturated carbocycles. The van der Waals surface area contributed by atoms with Gasteiger partial charge in [0.15, 0.2) is 0 Å². The lowest BCUT2D eigenvalue weighted by Crippen LogP contribution is -2.12. The summed E-state index contributed by atoms with van der Waals surface area (Å²) < 4.78 is 13.6. The van der Waals surface area contributed by atoms with Gasteiger partial charge in [-0.1, -0.05) is 41.9 Å². The molecule has 112 valence electrons. The van der Waals surface area contributed by atoms with Gasteiger partial charge in [0.1, 0.15) is 10.8 Å². The van der Waals surface area contributed by atoms with E-state index in [1.165, 1.54) is 6.08 Å². The Bertz CT molecular complexity index is 748. The highest BCUT2D eigenvalue weighted by atomic mass is 35.5. The van der Waals surface area contributed by atoms with Gasteiger partial charge in [-0.15, -0.1) is 0 Å². The standard InChI is InChI=1S/C15H10ClFN2O3/c16-12(8-10-4-2-1-3-5-10)15(20)18-14-9-11(19(21)22)6-7-13(14)17/h1-9H,(H,18,20). The monoisotopic (exact) mass is 320 g/mol. The molecule has 22 heavy (non-hydrogen) atoms. The molecular formula is C15H10ClFN2O3. The number of carbonyl (C=O) groups is 1. The molecule has 0 bridgehead atoms. The number of rotatable bonds is 4. The number of nitrogens with one attached hydrogen (secondary N) is 1. The molecule has 0 aliphatic rings. The molecule has 0 fully saturated rings. The van der Waals surface area contributed by atoms with Crippen molar-refractivity contribution in [3.8, 4) is 0 Å². The van der Waals surface area contributed by atoms with E-state index < -0.39 is 16.6 Å². The Kier molecular flexibility index (Phi) is 4.85. The number of nitro benzene ring substituents is 1. The fraction of sp³-hybridized carbons (Fsp3) is 0. The Morgan fingerprint density at radius 3 is 2.55 bits per heavy atom. The number of nitro groups is 1. The Hall–Kier alpha value is -2.73. The molecule has 0 saturated heterocycles. The number of hydrogen-bond acceptors (Lipinski definition) is 3. The Morgan fingerprint density at radius 1 is 1.23 bits per heavy atom. The van der Waals surface area contributed by atoms with Crippen molar-refractivity contribution < 1.29 is 14.1 Å². The van der Waals surface area contributed by atoms with Crippen LogP contribution < -0.4 is 5.32 Å². The van der Waals surface area contributed by atoms with Crippen LogP contribution in [0.1, 0.15) is 5.56 Å². The minimum absolute atomic E-state index is 0.169. The molecule has 0 aliphatic carbocycles. The van der Waals surface area contributed by atoms with Crippen LogP contribution in [-0.2, 0) is 4.79 Å². The van der Waals surface area contributed by atoms with Crippen molar-refractivity contribution in [1.82, 2.24) is 0 Å². The van der Waals surface area contributed by atoms with Gasteiger partial charge in [0, 0.05) is 12.1 Å². The van der Waals surface area contributed by atoms with Crippen molar-refractivity contribution in [3.05, 3.63) is 75.1 Å². The van der Waals surface area contributed by atoms with Crippen LogP contribution in [0.2, 0.25) is 0 Å². The van der Waals surface area contributed by atoms with Crippen LogP contribution in [0.3, 0.4) is 0 Å². The molecule has 7 heteroatoms.